The van der Waals surface area contributed by atoms with Crippen LogP contribution in [0.5, 0.6) is 5.88 Å². The van der Waals surface area contributed by atoms with Gasteiger partial charge >= 0.3 is 13.1 Å². The van der Waals surface area contributed by atoms with Crippen molar-refractivity contribution < 1.29 is 39.0 Å². The lowest BCUT2D eigenvalue weighted by molar-refractivity contribution is -0.385. The number of benzene rings is 3. The van der Waals surface area contributed by atoms with Gasteiger partial charge in [-0.05, 0) is 151 Å². The third-order valence-corrected chi connectivity index (χ3v) is 10.8. The third kappa shape index (κ3) is 22.4. The minimum atomic E-state index is -1.39. The second kappa shape index (κ2) is 36.1. The van der Waals surface area contributed by atoms with E-state index in [1.165, 1.54) is 71.9 Å². The molecule has 0 spiro atoms. The summed E-state index contributed by atoms with van der Waals surface area (Å²) in [6.07, 6.45) is 14.6. The lowest BCUT2D eigenvalue weighted by Gasteiger charge is -2.03. The second-order valence-corrected chi connectivity index (χ2v) is 16.4. The van der Waals surface area contributed by atoms with Gasteiger partial charge in [-0.25, -0.2) is 9.78 Å². The molecule has 0 unspecified atom stereocenters. The van der Waals surface area contributed by atoms with E-state index in [-0.39, 0.29) is 39.7 Å². The molecule has 3 aromatic carbocycles. The van der Waals surface area contributed by atoms with Gasteiger partial charge in [-0.1, -0.05) is 65.8 Å². The number of halogens is 1. The van der Waals surface area contributed by atoms with Crippen LogP contribution in [-0.4, -0.2) is 67.2 Å². The van der Waals surface area contributed by atoms with Crippen molar-refractivity contribution in [1.29, 1.82) is 0 Å². The summed E-state index contributed by atoms with van der Waals surface area (Å²) in [6, 6.07) is 50.6. The SMILES string of the molecule is CC.CC.CC.Cc1ccc2cccn2c1.Nc1ccc(C(=O)c2ccc3cccn3c2)cc1.O=C(Cl)c1ccc([N+](=O)[O-])cc1.O=C(Oc1ccccn1)c1ccc([N+](=O)[O-])cc1.O=c1cccc[nH]1.OB(O)c1ccc2cccn2c1. The summed E-state index contributed by atoms with van der Waals surface area (Å²) in [5.41, 5.74) is 13.0. The monoisotopic (exact) mass is 1140 g/mol. The Hall–Kier alpha value is -10.3. The van der Waals surface area contributed by atoms with E-state index < -0.39 is 28.2 Å². The average Bonchev–Trinajstić information content (AvgIpc) is 4.53. The van der Waals surface area contributed by atoms with Crippen LogP contribution in [0.3, 0.4) is 0 Å². The number of non-ortho nitro benzene ring substituents is 2. The van der Waals surface area contributed by atoms with E-state index in [4.69, 9.17) is 32.1 Å². The van der Waals surface area contributed by atoms with Gasteiger partial charge in [0.15, 0.2) is 5.78 Å². The Morgan fingerprint density at radius 3 is 1.49 bits per heavy atom. The van der Waals surface area contributed by atoms with Gasteiger partial charge in [-0.15, -0.1) is 0 Å². The molecule has 8 heterocycles. The third-order valence-electron chi connectivity index (χ3n) is 10.6. The van der Waals surface area contributed by atoms with Crippen LogP contribution in [-0.2, 0) is 0 Å². The molecule has 0 radical (unpaired) electrons. The highest BCUT2D eigenvalue weighted by atomic mass is 35.5. The van der Waals surface area contributed by atoms with Crippen LogP contribution >= 0.6 is 11.6 Å². The lowest BCUT2D eigenvalue weighted by Crippen LogP contribution is -2.30. The second-order valence-electron chi connectivity index (χ2n) is 16.1. The highest BCUT2D eigenvalue weighted by Crippen LogP contribution is 2.17. The fraction of sp³-hybridized carbons (Fsp3) is 0.113. The Morgan fingerprint density at radius 1 is 0.566 bits per heavy atom. The molecule has 0 aliphatic rings. The first-order chi connectivity index (χ1) is 40.0. The molecule has 11 aromatic rings. The molecule has 0 aliphatic heterocycles. The molecule has 8 aromatic heterocycles. The van der Waals surface area contributed by atoms with Gasteiger partial charge in [0.1, 0.15) is 0 Å². The van der Waals surface area contributed by atoms with Gasteiger partial charge in [-0.2, -0.15) is 0 Å². The highest BCUT2D eigenvalue weighted by molar-refractivity contribution is 6.67. The first-order valence-corrected chi connectivity index (χ1v) is 26.3. The van der Waals surface area contributed by atoms with Crippen molar-refractivity contribution in [2.45, 2.75) is 48.5 Å². The number of ketones is 1. The summed E-state index contributed by atoms with van der Waals surface area (Å²) in [7, 11) is -1.39. The average molecular weight is 1140 g/mol. The number of anilines is 1. The first kappa shape index (κ1) is 67.0. The minimum Gasteiger partial charge on any atom is -0.423 e. The molecule has 0 bridgehead atoms. The zero-order chi connectivity index (χ0) is 61.3. The van der Waals surface area contributed by atoms with E-state index in [1.54, 1.807) is 73.1 Å². The predicted molar refractivity (Wildman–Crippen MR) is 328 cm³/mol. The van der Waals surface area contributed by atoms with E-state index in [9.17, 15) is 39.4 Å². The number of carbonyl (C=O) groups excluding carboxylic acids is 3. The van der Waals surface area contributed by atoms with Gasteiger partial charge in [0.2, 0.25) is 11.4 Å². The number of nitrogens with one attached hydrogen (secondary N) is 1. The molecule has 5 N–H and O–H groups in total. The van der Waals surface area contributed by atoms with Crippen molar-refractivity contribution >= 4 is 74.8 Å². The largest absolute Gasteiger partial charge is 0.489 e. The smallest absolute Gasteiger partial charge is 0.423 e. The number of hydrogen-bond donors (Lipinski definition) is 4. The van der Waals surface area contributed by atoms with Crippen molar-refractivity contribution in [3.05, 3.63) is 290 Å². The van der Waals surface area contributed by atoms with Crippen LogP contribution < -0.4 is 21.5 Å². The number of hydrogen-bond acceptors (Lipinski definition) is 13. The van der Waals surface area contributed by atoms with Gasteiger partial charge in [0.05, 0.1) is 15.4 Å². The van der Waals surface area contributed by atoms with Crippen molar-refractivity contribution in [3.63, 3.8) is 0 Å². The summed E-state index contributed by atoms with van der Waals surface area (Å²) >= 11 is 5.13. The molecular formula is C62H64BClN8O11. The molecule has 428 valence electrons. The number of nitro benzene ring substituents is 2. The quantitative estimate of drug-likeness (QED) is 0.0210. The van der Waals surface area contributed by atoms with E-state index in [0.717, 1.165) is 11.0 Å². The summed E-state index contributed by atoms with van der Waals surface area (Å²) in [6.45, 7) is 14.1. The van der Waals surface area contributed by atoms with Crippen molar-refractivity contribution in [2.24, 2.45) is 0 Å². The number of nitrogens with zero attached hydrogens (tertiary/aromatic N) is 6. The molecule has 0 amide bonds. The molecule has 0 saturated heterocycles. The molecule has 83 heavy (non-hydrogen) atoms. The molecular weight excluding hydrogens is 1080 g/mol. The number of aryl methyl sites for hydroxylation is 1. The Kier molecular flexibility index (Phi) is 29.1. The number of aromatic nitrogens is 5. The Morgan fingerprint density at radius 2 is 1.04 bits per heavy atom. The number of nitrogen functional groups attached to an aromatic ring is 1. The van der Waals surface area contributed by atoms with Gasteiger partial charge in [0, 0.05) is 125 Å². The minimum absolute atomic E-state index is 0.00519. The maximum absolute atomic E-state index is 12.3. The molecule has 0 saturated carbocycles. The number of rotatable bonds is 8. The maximum Gasteiger partial charge on any atom is 0.489 e. The summed E-state index contributed by atoms with van der Waals surface area (Å²) in [5, 5.41) is 37.7. The normalized spacial score (nSPS) is 9.52. The fourth-order valence-corrected chi connectivity index (χ4v) is 6.82. The zero-order valence-corrected chi connectivity index (χ0v) is 47.5. The molecule has 0 aliphatic carbocycles. The molecule has 0 atom stereocenters. The fourth-order valence-electron chi connectivity index (χ4n) is 6.69. The van der Waals surface area contributed by atoms with Crippen LogP contribution in [0.25, 0.3) is 16.6 Å². The van der Waals surface area contributed by atoms with Crippen molar-refractivity contribution in [3.8, 4) is 5.88 Å². The Labute approximate surface area is 485 Å². The number of ether oxygens (including phenoxy) is 1. The standard InChI is InChI=1S/C15H12N2O.C12H8N2O4.C9H9N.C8H8BNO2.C7H4ClNO3.C5H5NO.3C2H6/c16-13-6-3-11(4-7-13)15(18)12-5-8-14-2-1-9-17(14)10-12;15-12(18-11-3-1-2-8-13-11)9-4-6-10(7-5-9)14(16)17;1-8-4-5-9-3-2-6-10(9)7-8;11-9(12)7-3-4-8-2-1-5-10(8)6-7;8-7(10)5-1-3-6(4-2-5)9(11)12;7-5-3-1-2-4-6-5;3*1-2/h1-10H,16H2;1-8H;2-7H,1H3;1-6,11-12H;1-4H;1-4H,(H,6,7);3*1-2H3. The van der Waals surface area contributed by atoms with E-state index in [0.29, 0.717) is 22.3 Å². The summed E-state index contributed by atoms with van der Waals surface area (Å²) in [5.74, 6) is -0.421. The number of esters is 1. The van der Waals surface area contributed by atoms with E-state index >= 15 is 0 Å². The first-order valence-electron chi connectivity index (χ1n) is 25.9. The van der Waals surface area contributed by atoms with Crippen molar-refractivity contribution in [2.75, 3.05) is 5.73 Å². The topological polar surface area (TPSA) is 272 Å². The number of aromatic amines is 1. The summed E-state index contributed by atoms with van der Waals surface area (Å²) in [4.78, 5) is 70.5. The van der Waals surface area contributed by atoms with Crippen molar-refractivity contribution in [1.82, 2.24) is 23.2 Å². The van der Waals surface area contributed by atoms with Gasteiger partial charge in [0.25, 0.3) is 16.6 Å². The number of nitrogens with two attached hydrogens (primary N) is 1. The van der Waals surface area contributed by atoms with Gasteiger partial charge < -0.3 is 38.7 Å². The van der Waals surface area contributed by atoms with Crippen LogP contribution in [0, 0.1) is 27.2 Å². The number of fused-ring (bicyclic) bond motifs is 3. The summed E-state index contributed by atoms with van der Waals surface area (Å²) < 4.78 is 10.9. The molecule has 21 heteroatoms. The van der Waals surface area contributed by atoms with Crippen LogP contribution in [0.4, 0.5) is 17.1 Å². The van der Waals surface area contributed by atoms with Crippen LogP contribution in [0.1, 0.15) is 83.7 Å². The lowest BCUT2D eigenvalue weighted by atomic mass is 9.82. The number of carbonyl (C=O) groups is 3. The van der Waals surface area contributed by atoms with E-state index in [1.807, 2.05) is 111 Å². The predicted octanol–water partition coefficient (Wildman–Crippen LogP) is 12.3. The molecule has 11 rings (SSSR count). The zero-order valence-electron chi connectivity index (χ0n) is 46.7. The number of pyridine rings is 5. The maximum atomic E-state index is 12.3. The van der Waals surface area contributed by atoms with Gasteiger partial charge in [-0.3, -0.25) is 34.6 Å². The number of H-pyrrole nitrogens is 1. The van der Waals surface area contributed by atoms with Crippen LogP contribution in [0.15, 0.2) is 236 Å². The molecule has 0 fully saturated rings. The number of nitro groups is 2. The highest BCUT2D eigenvalue weighted by Gasteiger charge is 2.13. The van der Waals surface area contributed by atoms with Crippen LogP contribution in [0.2, 0.25) is 0 Å². The molecule has 19 nitrogen and oxygen atoms in total. The Bertz CT molecular complexity index is 3740. The van der Waals surface area contributed by atoms with E-state index in [2.05, 4.69) is 58.0 Å². The Balaban J connectivity index is 0.000000262.